The van der Waals surface area contributed by atoms with Crippen LogP contribution < -0.4 is 25.4 Å². The van der Waals surface area contributed by atoms with E-state index in [9.17, 15) is 4.79 Å². The molecule has 0 saturated heterocycles. The van der Waals surface area contributed by atoms with Gasteiger partial charge in [0.2, 0.25) is 0 Å². The van der Waals surface area contributed by atoms with Crippen molar-refractivity contribution in [2.75, 3.05) is 20.3 Å². The maximum atomic E-state index is 10.7. The minimum absolute atomic E-state index is 0.325. The summed E-state index contributed by atoms with van der Waals surface area (Å²) in [5.74, 6) is 1.93. The molecule has 27 heavy (non-hydrogen) atoms. The molecule has 0 unspecified atom stereocenters. The first-order chi connectivity index (χ1) is 13.1. The SMILES string of the molecule is C=CCc1ccc(OCCOc2ccccc2/C=N/NC(N)=O)c(OC)c1. The first kappa shape index (κ1) is 19.8. The molecular formula is C20H23N3O4. The Kier molecular flexibility index (Phi) is 7.71. The van der Waals surface area contributed by atoms with Crippen LogP contribution in [0.3, 0.4) is 0 Å². The number of nitrogens with two attached hydrogens (primary N) is 1. The Hall–Kier alpha value is -3.48. The van der Waals surface area contributed by atoms with E-state index in [1.165, 1.54) is 6.21 Å². The maximum absolute atomic E-state index is 10.7. The zero-order valence-corrected chi connectivity index (χ0v) is 15.2. The molecule has 2 aromatic carbocycles. The highest BCUT2D eigenvalue weighted by atomic mass is 16.5. The van der Waals surface area contributed by atoms with Crippen LogP contribution in [0.25, 0.3) is 0 Å². The van der Waals surface area contributed by atoms with E-state index in [1.807, 2.05) is 42.5 Å². The number of allylic oxidation sites excluding steroid dienone is 1. The summed E-state index contributed by atoms with van der Waals surface area (Å²) in [5.41, 5.74) is 8.92. The molecule has 0 bridgehead atoms. The Balaban J connectivity index is 1.91. The molecular weight excluding hydrogens is 346 g/mol. The number of urea groups is 1. The van der Waals surface area contributed by atoms with Gasteiger partial charge in [-0.2, -0.15) is 5.10 Å². The quantitative estimate of drug-likeness (QED) is 0.291. The molecule has 0 aliphatic carbocycles. The summed E-state index contributed by atoms with van der Waals surface area (Å²) in [6, 6.07) is 12.3. The van der Waals surface area contributed by atoms with Gasteiger partial charge < -0.3 is 19.9 Å². The molecule has 142 valence electrons. The highest BCUT2D eigenvalue weighted by Gasteiger charge is 2.06. The summed E-state index contributed by atoms with van der Waals surface area (Å²) in [6.45, 7) is 4.39. The molecule has 7 heteroatoms. The van der Waals surface area contributed by atoms with Crippen LogP contribution >= 0.6 is 0 Å². The number of amides is 2. The highest BCUT2D eigenvalue weighted by molar-refractivity contribution is 5.84. The van der Waals surface area contributed by atoms with E-state index < -0.39 is 6.03 Å². The third-order valence-corrected chi connectivity index (χ3v) is 3.50. The number of benzene rings is 2. The lowest BCUT2D eigenvalue weighted by atomic mass is 10.1. The van der Waals surface area contributed by atoms with Gasteiger partial charge in [-0.05, 0) is 36.2 Å². The molecule has 2 amide bonds. The number of methoxy groups -OCH3 is 1. The number of ether oxygens (including phenoxy) is 3. The fourth-order valence-electron chi connectivity index (χ4n) is 2.31. The normalized spacial score (nSPS) is 10.4. The van der Waals surface area contributed by atoms with Crippen molar-refractivity contribution in [2.24, 2.45) is 10.8 Å². The number of hydrogen-bond acceptors (Lipinski definition) is 5. The molecule has 7 nitrogen and oxygen atoms in total. The number of nitrogens with zero attached hydrogens (tertiary/aromatic N) is 1. The summed E-state index contributed by atoms with van der Waals surface area (Å²) in [7, 11) is 1.60. The summed E-state index contributed by atoms with van der Waals surface area (Å²) in [5, 5.41) is 3.74. The standard InChI is InChI=1S/C20H23N3O4/c1-3-6-15-9-10-18(19(13-15)25-2)27-12-11-26-17-8-5-4-7-16(17)14-22-23-20(21)24/h3-5,7-10,13-14H,1,6,11-12H2,2H3,(H3,21,23,24)/b22-14+. The minimum atomic E-state index is -0.730. The Morgan fingerprint density at radius 2 is 1.89 bits per heavy atom. The Morgan fingerprint density at radius 3 is 2.59 bits per heavy atom. The van der Waals surface area contributed by atoms with Crippen LogP contribution in [0, 0.1) is 0 Å². The van der Waals surface area contributed by atoms with E-state index >= 15 is 0 Å². The topological polar surface area (TPSA) is 95.2 Å². The van der Waals surface area contributed by atoms with Crippen molar-refractivity contribution >= 4 is 12.2 Å². The summed E-state index contributed by atoms with van der Waals surface area (Å²) < 4.78 is 16.9. The number of nitrogens with one attached hydrogen (secondary N) is 1. The zero-order chi connectivity index (χ0) is 19.5. The second-order valence-electron chi connectivity index (χ2n) is 5.45. The Bertz CT molecular complexity index is 806. The van der Waals surface area contributed by atoms with Gasteiger partial charge in [0.15, 0.2) is 11.5 Å². The molecule has 0 aliphatic rings. The van der Waals surface area contributed by atoms with Gasteiger partial charge in [-0.1, -0.05) is 24.3 Å². The lowest BCUT2D eigenvalue weighted by Gasteiger charge is -2.13. The Morgan fingerprint density at radius 1 is 1.15 bits per heavy atom. The van der Waals surface area contributed by atoms with E-state index in [4.69, 9.17) is 19.9 Å². The molecule has 2 aromatic rings. The first-order valence-corrected chi connectivity index (χ1v) is 8.35. The molecule has 2 rings (SSSR count). The first-order valence-electron chi connectivity index (χ1n) is 8.35. The van der Waals surface area contributed by atoms with Crippen molar-refractivity contribution in [3.05, 3.63) is 66.2 Å². The van der Waals surface area contributed by atoms with E-state index in [1.54, 1.807) is 13.2 Å². The fourth-order valence-corrected chi connectivity index (χ4v) is 2.31. The second kappa shape index (κ2) is 10.5. The van der Waals surface area contributed by atoms with Gasteiger partial charge in [-0.15, -0.1) is 6.58 Å². The number of hydrazone groups is 1. The third-order valence-electron chi connectivity index (χ3n) is 3.50. The van der Waals surface area contributed by atoms with Crippen LogP contribution in [0.4, 0.5) is 4.79 Å². The molecule has 0 saturated carbocycles. The van der Waals surface area contributed by atoms with Gasteiger partial charge in [0.05, 0.1) is 13.3 Å². The average Bonchev–Trinajstić information content (AvgIpc) is 2.67. The maximum Gasteiger partial charge on any atom is 0.332 e. The molecule has 0 radical (unpaired) electrons. The van der Waals surface area contributed by atoms with Crippen molar-refractivity contribution in [1.29, 1.82) is 0 Å². The molecule has 0 spiro atoms. The van der Waals surface area contributed by atoms with E-state index in [0.29, 0.717) is 36.0 Å². The van der Waals surface area contributed by atoms with Gasteiger partial charge in [0, 0.05) is 5.56 Å². The third kappa shape index (κ3) is 6.39. The van der Waals surface area contributed by atoms with Gasteiger partial charge >= 0.3 is 6.03 Å². The molecule has 0 atom stereocenters. The van der Waals surface area contributed by atoms with Crippen LogP contribution in [-0.2, 0) is 6.42 Å². The number of rotatable bonds is 10. The van der Waals surface area contributed by atoms with Crippen molar-refractivity contribution in [3.63, 3.8) is 0 Å². The van der Waals surface area contributed by atoms with Gasteiger partial charge in [0.25, 0.3) is 0 Å². The van der Waals surface area contributed by atoms with Crippen LogP contribution in [0.5, 0.6) is 17.2 Å². The number of primary amides is 1. The number of carbonyl (C=O) groups excluding carboxylic acids is 1. The lowest BCUT2D eigenvalue weighted by molar-refractivity contribution is 0.211. The predicted molar refractivity (Wildman–Crippen MR) is 105 cm³/mol. The number of para-hydroxylation sites is 1. The summed E-state index contributed by atoms with van der Waals surface area (Å²) in [4.78, 5) is 10.7. The molecule has 0 aromatic heterocycles. The number of hydrogen-bond donors (Lipinski definition) is 2. The highest BCUT2D eigenvalue weighted by Crippen LogP contribution is 2.28. The smallest absolute Gasteiger partial charge is 0.332 e. The zero-order valence-electron chi connectivity index (χ0n) is 15.2. The van der Waals surface area contributed by atoms with Crippen molar-refractivity contribution < 1.29 is 19.0 Å². The van der Waals surface area contributed by atoms with Crippen LogP contribution in [-0.4, -0.2) is 32.6 Å². The average molecular weight is 369 g/mol. The van der Waals surface area contributed by atoms with E-state index in [0.717, 1.165) is 12.0 Å². The van der Waals surface area contributed by atoms with Crippen molar-refractivity contribution in [2.45, 2.75) is 6.42 Å². The molecule has 3 N–H and O–H groups in total. The lowest BCUT2D eigenvalue weighted by Crippen LogP contribution is -2.24. The minimum Gasteiger partial charge on any atom is -0.493 e. The van der Waals surface area contributed by atoms with Gasteiger partial charge in [0.1, 0.15) is 19.0 Å². The van der Waals surface area contributed by atoms with Crippen LogP contribution in [0.2, 0.25) is 0 Å². The largest absolute Gasteiger partial charge is 0.493 e. The monoisotopic (exact) mass is 369 g/mol. The van der Waals surface area contributed by atoms with Gasteiger partial charge in [-0.3, -0.25) is 0 Å². The fraction of sp³-hybridized carbons (Fsp3) is 0.200. The second-order valence-corrected chi connectivity index (χ2v) is 5.45. The van der Waals surface area contributed by atoms with Crippen molar-refractivity contribution in [1.82, 2.24) is 5.43 Å². The van der Waals surface area contributed by atoms with Crippen molar-refractivity contribution in [3.8, 4) is 17.2 Å². The number of carbonyl (C=O) groups is 1. The molecule has 0 heterocycles. The Labute approximate surface area is 158 Å². The molecule has 0 fully saturated rings. The summed E-state index contributed by atoms with van der Waals surface area (Å²) in [6.07, 6.45) is 4.06. The van der Waals surface area contributed by atoms with E-state index in [-0.39, 0.29) is 0 Å². The predicted octanol–water partition coefficient (Wildman–Crippen LogP) is 2.88. The van der Waals surface area contributed by atoms with E-state index in [2.05, 4.69) is 17.1 Å². The van der Waals surface area contributed by atoms with Crippen LogP contribution in [0.1, 0.15) is 11.1 Å². The molecule has 0 aliphatic heterocycles. The van der Waals surface area contributed by atoms with Gasteiger partial charge in [-0.25, -0.2) is 10.2 Å². The van der Waals surface area contributed by atoms with Crippen LogP contribution in [0.15, 0.2) is 60.2 Å². The summed E-state index contributed by atoms with van der Waals surface area (Å²) >= 11 is 0.